The van der Waals surface area contributed by atoms with Crippen LogP contribution in [0.3, 0.4) is 0 Å². The Balaban J connectivity index is 1.45. The van der Waals surface area contributed by atoms with Crippen LogP contribution in [-0.2, 0) is 6.42 Å². The summed E-state index contributed by atoms with van der Waals surface area (Å²) >= 11 is 0. The number of nitrogens with zero attached hydrogens (tertiary/aromatic N) is 5. The van der Waals surface area contributed by atoms with Crippen molar-refractivity contribution in [3.05, 3.63) is 95.0 Å². The molecule has 5 rings (SSSR count). The molecule has 2 amide bonds. The molecule has 4 heterocycles. The van der Waals surface area contributed by atoms with E-state index in [-0.39, 0.29) is 23.7 Å². The standard InChI is InChI=1S/C26H25FN6O2/c1-28-25(34)21-16-31-33-23(9-11-30-24(21)33)22-7-2-3-12-32(22)26(35)18-8-10-29-20(15-18)14-17-5-4-6-19(27)13-17/h4-6,8-11,13,15-16,22H,2-3,7,12,14H2,1H3,(H,28,34). The summed E-state index contributed by atoms with van der Waals surface area (Å²) in [5.74, 6) is -0.655. The minimum absolute atomic E-state index is 0.0961. The van der Waals surface area contributed by atoms with Crippen LogP contribution in [0.25, 0.3) is 5.65 Å². The third kappa shape index (κ3) is 4.49. The second kappa shape index (κ2) is 9.61. The number of benzene rings is 1. The van der Waals surface area contributed by atoms with Gasteiger partial charge in [0, 0.05) is 43.7 Å². The van der Waals surface area contributed by atoms with Crippen molar-refractivity contribution in [2.24, 2.45) is 0 Å². The van der Waals surface area contributed by atoms with E-state index in [0.717, 1.165) is 30.5 Å². The second-order valence-electron chi connectivity index (χ2n) is 8.60. The van der Waals surface area contributed by atoms with Crippen molar-refractivity contribution in [2.75, 3.05) is 13.6 Å². The van der Waals surface area contributed by atoms with Crippen molar-refractivity contribution in [3.8, 4) is 0 Å². The lowest BCUT2D eigenvalue weighted by molar-refractivity contribution is 0.0602. The molecule has 1 fully saturated rings. The first-order valence-electron chi connectivity index (χ1n) is 11.6. The van der Waals surface area contributed by atoms with E-state index in [1.54, 1.807) is 42.2 Å². The number of nitrogens with one attached hydrogen (secondary N) is 1. The zero-order valence-corrected chi connectivity index (χ0v) is 19.3. The minimum Gasteiger partial charge on any atom is -0.355 e. The fourth-order valence-electron chi connectivity index (χ4n) is 4.67. The predicted molar refractivity (Wildman–Crippen MR) is 127 cm³/mol. The number of halogens is 1. The Morgan fingerprint density at radius 3 is 2.80 bits per heavy atom. The lowest BCUT2D eigenvalue weighted by Crippen LogP contribution is -2.39. The van der Waals surface area contributed by atoms with Crippen LogP contribution in [0.5, 0.6) is 0 Å². The van der Waals surface area contributed by atoms with Crippen molar-refractivity contribution >= 4 is 17.5 Å². The Hall–Kier alpha value is -4.14. The zero-order valence-electron chi connectivity index (χ0n) is 19.3. The average Bonchev–Trinajstić information content (AvgIpc) is 3.32. The third-order valence-electron chi connectivity index (χ3n) is 6.35. The van der Waals surface area contributed by atoms with Crippen molar-refractivity contribution in [1.29, 1.82) is 0 Å². The number of amides is 2. The number of aromatic nitrogens is 4. The highest BCUT2D eigenvalue weighted by Crippen LogP contribution is 2.32. The van der Waals surface area contributed by atoms with E-state index in [1.807, 2.05) is 17.0 Å². The van der Waals surface area contributed by atoms with E-state index < -0.39 is 0 Å². The smallest absolute Gasteiger partial charge is 0.256 e. The average molecular weight is 473 g/mol. The maximum absolute atomic E-state index is 13.7. The van der Waals surface area contributed by atoms with Gasteiger partial charge in [-0.3, -0.25) is 14.6 Å². The molecule has 4 aromatic rings. The van der Waals surface area contributed by atoms with Gasteiger partial charge < -0.3 is 10.2 Å². The van der Waals surface area contributed by atoms with E-state index in [2.05, 4.69) is 20.4 Å². The van der Waals surface area contributed by atoms with Crippen LogP contribution in [0.2, 0.25) is 0 Å². The predicted octanol–water partition coefficient (Wildman–Crippen LogP) is 3.58. The van der Waals surface area contributed by atoms with Crippen molar-refractivity contribution in [1.82, 2.24) is 29.8 Å². The molecule has 3 aromatic heterocycles. The number of pyridine rings is 1. The highest BCUT2D eigenvalue weighted by molar-refractivity contribution is 5.99. The minimum atomic E-state index is -0.298. The van der Waals surface area contributed by atoms with Gasteiger partial charge >= 0.3 is 0 Å². The van der Waals surface area contributed by atoms with Gasteiger partial charge in [0.05, 0.1) is 17.9 Å². The molecule has 8 nitrogen and oxygen atoms in total. The summed E-state index contributed by atoms with van der Waals surface area (Å²) in [6.45, 7) is 0.610. The highest BCUT2D eigenvalue weighted by atomic mass is 19.1. The number of rotatable bonds is 5. The van der Waals surface area contributed by atoms with Gasteiger partial charge in [0.25, 0.3) is 11.8 Å². The molecule has 1 atom stereocenters. The number of hydrogen-bond donors (Lipinski definition) is 1. The van der Waals surface area contributed by atoms with Crippen LogP contribution in [0.15, 0.2) is 61.1 Å². The first-order chi connectivity index (χ1) is 17.0. The summed E-state index contributed by atoms with van der Waals surface area (Å²) in [6.07, 6.45) is 7.86. The number of piperidine rings is 1. The van der Waals surface area contributed by atoms with Crippen LogP contribution in [0.4, 0.5) is 4.39 Å². The van der Waals surface area contributed by atoms with Gasteiger partial charge in [-0.2, -0.15) is 5.10 Å². The molecular weight excluding hydrogens is 447 g/mol. The van der Waals surface area contributed by atoms with Crippen molar-refractivity contribution < 1.29 is 14.0 Å². The molecule has 9 heteroatoms. The lowest BCUT2D eigenvalue weighted by atomic mass is 9.97. The number of carbonyl (C=O) groups excluding carboxylic acids is 2. The Kier molecular flexibility index (Phi) is 6.22. The lowest BCUT2D eigenvalue weighted by Gasteiger charge is -2.36. The molecule has 1 aliphatic heterocycles. The Bertz CT molecular complexity index is 1400. The first kappa shape index (κ1) is 22.6. The zero-order chi connectivity index (χ0) is 24.4. The highest BCUT2D eigenvalue weighted by Gasteiger charge is 2.31. The SMILES string of the molecule is CNC(=O)c1cnn2c(C3CCCCN3C(=O)c3ccnc(Cc4cccc(F)c4)c3)ccnc12. The number of fused-ring (bicyclic) bond motifs is 1. The topological polar surface area (TPSA) is 92.5 Å². The van der Waals surface area contributed by atoms with Crippen LogP contribution in [0.1, 0.15) is 63.0 Å². The van der Waals surface area contributed by atoms with Gasteiger partial charge in [0.15, 0.2) is 5.65 Å². The summed E-state index contributed by atoms with van der Waals surface area (Å²) in [5.41, 5.74) is 3.69. The van der Waals surface area contributed by atoms with Crippen molar-refractivity contribution in [2.45, 2.75) is 31.7 Å². The Morgan fingerprint density at radius 1 is 1.11 bits per heavy atom. The third-order valence-corrected chi connectivity index (χ3v) is 6.35. The second-order valence-corrected chi connectivity index (χ2v) is 8.60. The van der Waals surface area contributed by atoms with Crippen molar-refractivity contribution in [3.63, 3.8) is 0 Å². The van der Waals surface area contributed by atoms with Crippen LogP contribution < -0.4 is 5.32 Å². The summed E-state index contributed by atoms with van der Waals surface area (Å²) in [4.78, 5) is 36.5. The molecule has 0 bridgehead atoms. The monoisotopic (exact) mass is 472 g/mol. The Morgan fingerprint density at radius 2 is 1.97 bits per heavy atom. The van der Waals surface area contributed by atoms with Gasteiger partial charge in [-0.25, -0.2) is 13.9 Å². The molecule has 1 unspecified atom stereocenters. The summed E-state index contributed by atoms with van der Waals surface area (Å²) in [7, 11) is 1.56. The van der Waals surface area contributed by atoms with E-state index in [0.29, 0.717) is 35.4 Å². The van der Waals surface area contributed by atoms with Gasteiger partial charge in [-0.15, -0.1) is 0 Å². The van der Waals surface area contributed by atoms with Crippen LogP contribution >= 0.6 is 0 Å². The molecule has 0 radical (unpaired) electrons. The Labute approximate surface area is 201 Å². The van der Waals surface area contributed by atoms with E-state index in [1.165, 1.54) is 18.3 Å². The van der Waals surface area contributed by atoms with Gasteiger partial charge in [-0.05, 0) is 55.2 Å². The molecule has 35 heavy (non-hydrogen) atoms. The van der Waals surface area contributed by atoms with Gasteiger partial charge in [0.2, 0.25) is 0 Å². The molecule has 0 aliphatic carbocycles. The molecule has 178 valence electrons. The fraction of sp³-hybridized carbons (Fsp3) is 0.269. The maximum Gasteiger partial charge on any atom is 0.256 e. The molecule has 0 saturated carbocycles. The summed E-state index contributed by atoms with van der Waals surface area (Å²) < 4.78 is 15.2. The van der Waals surface area contributed by atoms with E-state index >= 15 is 0 Å². The maximum atomic E-state index is 13.7. The molecular formula is C26H25FN6O2. The van der Waals surface area contributed by atoms with Gasteiger partial charge in [-0.1, -0.05) is 12.1 Å². The van der Waals surface area contributed by atoms with E-state index in [9.17, 15) is 14.0 Å². The van der Waals surface area contributed by atoms with Crippen LogP contribution in [0, 0.1) is 5.82 Å². The summed E-state index contributed by atoms with van der Waals surface area (Å²) in [6, 6.07) is 11.5. The number of likely N-dealkylation sites (tertiary alicyclic amines) is 1. The quantitative estimate of drug-likeness (QED) is 0.479. The summed E-state index contributed by atoms with van der Waals surface area (Å²) in [5, 5.41) is 7.02. The van der Waals surface area contributed by atoms with Gasteiger partial charge in [0.1, 0.15) is 11.4 Å². The normalized spacial score (nSPS) is 15.8. The van der Waals surface area contributed by atoms with Crippen LogP contribution in [-0.4, -0.2) is 49.9 Å². The molecule has 0 spiro atoms. The largest absolute Gasteiger partial charge is 0.355 e. The van der Waals surface area contributed by atoms with E-state index in [4.69, 9.17) is 0 Å². The molecule has 1 saturated heterocycles. The first-order valence-corrected chi connectivity index (χ1v) is 11.6. The molecule has 1 aromatic carbocycles. The fourth-order valence-corrected chi connectivity index (χ4v) is 4.67. The molecule has 1 aliphatic rings. The number of hydrogen-bond acceptors (Lipinski definition) is 5. The molecule has 1 N–H and O–H groups in total. The number of carbonyl (C=O) groups is 2.